The monoisotopic (exact) mass is 867 g/mol. The molecule has 0 aromatic carbocycles. The number of carbonyl (C=O) groups excluding carboxylic acids is 2. The smallest absolute Gasteiger partial charge is 0.306 e. The summed E-state index contributed by atoms with van der Waals surface area (Å²) in [5.41, 5.74) is 0. The molecule has 0 amide bonds. The summed E-state index contributed by atoms with van der Waals surface area (Å²) in [6.07, 6.45) is 66.6. The highest BCUT2D eigenvalue weighted by Gasteiger charge is 2.17. The lowest BCUT2D eigenvalue weighted by atomic mass is 10.1. The number of ether oxygens (including phenoxy) is 3. The van der Waals surface area contributed by atoms with Crippen molar-refractivity contribution in [2.75, 3.05) is 19.8 Å². The zero-order valence-corrected chi connectivity index (χ0v) is 41.4. The molecule has 0 aliphatic heterocycles. The molecule has 5 nitrogen and oxygen atoms in total. The molecule has 0 rings (SSSR count). The molecular formula is C57H102O5. The Balaban J connectivity index is 4.28. The number of rotatable bonds is 49. The first-order valence-corrected chi connectivity index (χ1v) is 26.8. The molecule has 0 fully saturated rings. The topological polar surface area (TPSA) is 61.8 Å². The van der Waals surface area contributed by atoms with Crippen LogP contribution in [0.25, 0.3) is 0 Å². The van der Waals surface area contributed by atoms with E-state index < -0.39 is 6.10 Å². The van der Waals surface area contributed by atoms with Crippen LogP contribution in [0.5, 0.6) is 0 Å². The highest BCUT2D eigenvalue weighted by Crippen LogP contribution is 2.14. The number of carbonyl (C=O) groups is 2. The Morgan fingerprint density at radius 2 is 0.726 bits per heavy atom. The number of hydrogen-bond donors (Lipinski definition) is 0. The van der Waals surface area contributed by atoms with Crippen LogP contribution in [-0.2, 0) is 23.8 Å². The largest absolute Gasteiger partial charge is 0.462 e. The van der Waals surface area contributed by atoms with Gasteiger partial charge in [0, 0.05) is 19.4 Å². The average Bonchev–Trinajstić information content (AvgIpc) is 3.27. The highest BCUT2D eigenvalue weighted by molar-refractivity contribution is 5.70. The Hall–Kier alpha value is -2.40. The van der Waals surface area contributed by atoms with Crippen molar-refractivity contribution in [3.8, 4) is 0 Å². The second-order valence-electron chi connectivity index (χ2n) is 17.7. The molecule has 0 aromatic rings. The first kappa shape index (κ1) is 59.6. The maximum Gasteiger partial charge on any atom is 0.306 e. The number of unbranched alkanes of at least 4 members (excludes halogenated alkanes) is 28. The zero-order valence-electron chi connectivity index (χ0n) is 41.4. The van der Waals surface area contributed by atoms with E-state index in [-0.39, 0.29) is 25.2 Å². The van der Waals surface area contributed by atoms with Gasteiger partial charge in [-0.3, -0.25) is 9.59 Å². The first-order chi connectivity index (χ1) is 30.6. The summed E-state index contributed by atoms with van der Waals surface area (Å²) in [7, 11) is 0. The van der Waals surface area contributed by atoms with Crippen LogP contribution in [-0.4, -0.2) is 37.9 Å². The molecule has 1 atom stereocenters. The maximum absolute atomic E-state index is 12.8. The second kappa shape index (κ2) is 52.9. The fourth-order valence-corrected chi connectivity index (χ4v) is 7.51. The predicted molar refractivity (Wildman–Crippen MR) is 270 cm³/mol. The van der Waals surface area contributed by atoms with Gasteiger partial charge in [-0.15, -0.1) is 0 Å². The van der Waals surface area contributed by atoms with Gasteiger partial charge in [-0.25, -0.2) is 0 Å². The lowest BCUT2D eigenvalue weighted by Gasteiger charge is -2.18. The van der Waals surface area contributed by atoms with E-state index in [2.05, 4.69) is 81.5 Å². The molecule has 0 saturated heterocycles. The minimum atomic E-state index is -0.548. The Bertz CT molecular complexity index is 1070. The van der Waals surface area contributed by atoms with Crippen molar-refractivity contribution in [3.05, 3.63) is 60.8 Å². The van der Waals surface area contributed by atoms with Crippen molar-refractivity contribution in [2.45, 2.75) is 271 Å². The Morgan fingerprint density at radius 1 is 0.371 bits per heavy atom. The van der Waals surface area contributed by atoms with E-state index in [0.717, 1.165) is 83.5 Å². The lowest BCUT2D eigenvalue weighted by molar-refractivity contribution is -0.163. The highest BCUT2D eigenvalue weighted by atomic mass is 16.6. The van der Waals surface area contributed by atoms with Crippen LogP contribution in [0.4, 0.5) is 0 Å². The molecule has 0 aliphatic carbocycles. The van der Waals surface area contributed by atoms with Crippen LogP contribution in [0.3, 0.4) is 0 Å². The van der Waals surface area contributed by atoms with Gasteiger partial charge in [0.05, 0.1) is 6.61 Å². The third-order valence-electron chi connectivity index (χ3n) is 11.5. The van der Waals surface area contributed by atoms with Gasteiger partial charge >= 0.3 is 11.9 Å². The van der Waals surface area contributed by atoms with Crippen molar-refractivity contribution < 1.29 is 23.8 Å². The third-order valence-corrected chi connectivity index (χ3v) is 11.5. The molecule has 62 heavy (non-hydrogen) atoms. The van der Waals surface area contributed by atoms with Gasteiger partial charge in [-0.1, -0.05) is 210 Å². The number of hydrogen-bond acceptors (Lipinski definition) is 5. The quantitative estimate of drug-likeness (QED) is 0.0346. The van der Waals surface area contributed by atoms with E-state index in [1.165, 1.54) is 148 Å². The summed E-state index contributed by atoms with van der Waals surface area (Å²) in [6, 6.07) is 0. The van der Waals surface area contributed by atoms with Gasteiger partial charge in [0.1, 0.15) is 6.61 Å². The molecule has 0 bridgehead atoms. The SMILES string of the molecule is CC/C=C\C/C=C\C/C=C\CCCCCCCCCC(=O)OCC(COCCCCCCCC/C=C\CCCCCCCC)OC(=O)CCCCCCC/C=C\CCCCCC. The summed E-state index contributed by atoms with van der Waals surface area (Å²) in [5, 5.41) is 0. The fraction of sp³-hybridized carbons (Fsp3) is 0.789. The van der Waals surface area contributed by atoms with Gasteiger partial charge < -0.3 is 14.2 Å². The van der Waals surface area contributed by atoms with Crippen molar-refractivity contribution in [1.29, 1.82) is 0 Å². The van der Waals surface area contributed by atoms with Gasteiger partial charge in [0.2, 0.25) is 0 Å². The van der Waals surface area contributed by atoms with Gasteiger partial charge in [0.25, 0.3) is 0 Å². The maximum atomic E-state index is 12.8. The zero-order chi connectivity index (χ0) is 44.9. The summed E-state index contributed by atoms with van der Waals surface area (Å²) in [4.78, 5) is 25.4. The van der Waals surface area contributed by atoms with Crippen LogP contribution in [0.1, 0.15) is 265 Å². The van der Waals surface area contributed by atoms with Crippen LogP contribution in [0, 0.1) is 0 Å². The standard InChI is InChI=1S/C57H102O5/c1-4-7-10-13-16-19-22-25-27-29-30-33-35-38-41-44-47-50-56(58)61-54-55(62-57(59)51-48-45-42-39-36-32-24-21-18-15-12-9-6-3)53-60-52-49-46-43-40-37-34-31-28-26-23-20-17-14-11-8-5-2/h7,10,16,19,21,24-28,55H,4-6,8-9,11-15,17-18,20,22-23,29-54H2,1-3H3/b10-7-,19-16-,24-21-,27-25-,28-26-. The van der Waals surface area contributed by atoms with Gasteiger partial charge in [-0.2, -0.15) is 0 Å². The minimum Gasteiger partial charge on any atom is -0.462 e. The molecule has 0 radical (unpaired) electrons. The molecule has 0 heterocycles. The molecule has 0 aromatic heterocycles. The fourth-order valence-electron chi connectivity index (χ4n) is 7.51. The first-order valence-electron chi connectivity index (χ1n) is 26.8. The Labute approximate surface area is 385 Å². The lowest BCUT2D eigenvalue weighted by Crippen LogP contribution is -2.30. The molecule has 0 spiro atoms. The van der Waals surface area contributed by atoms with E-state index in [9.17, 15) is 9.59 Å². The van der Waals surface area contributed by atoms with Crippen molar-refractivity contribution >= 4 is 11.9 Å². The Kier molecular flexibility index (Phi) is 50.9. The number of esters is 2. The predicted octanol–water partition coefficient (Wildman–Crippen LogP) is 18.1. The normalized spacial score (nSPS) is 12.6. The molecule has 5 heteroatoms. The summed E-state index contributed by atoms with van der Waals surface area (Å²) in [5.74, 6) is -0.415. The van der Waals surface area contributed by atoms with Gasteiger partial charge in [0.15, 0.2) is 6.10 Å². The van der Waals surface area contributed by atoms with E-state index in [1.807, 2.05) is 0 Å². The van der Waals surface area contributed by atoms with E-state index in [1.54, 1.807) is 0 Å². The van der Waals surface area contributed by atoms with Crippen LogP contribution >= 0.6 is 0 Å². The molecule has 0 saturated carbocycles. The minimum absolute atomic E-state index is 0.0745. The molecule has 0 N–H and O–H groups in total. The van der Waals surface area contributed by atoms with Crippen molar-refractivity contribution in [3.63, 3.8) is 0 Å². The average molecular weight is 867 g/mol. The molecule has 1 unspecified atom stereocenters. The summed E-state index contributed by atoms with van der Waals surface area (Å²) < 4.78 is 17.4. The van der Waals surface area contributed by atoms with Gasteiger partial charge in [-0.05, 0) is 103 Å². The van der Waals surface area contributed by atoms with Crippen LogP contribution in [0.15, 0.2) is 60.8 Å². The summed E-state index contributed by atoms with van der Waals surface area (Å²) >= 11 is 0. The van der Waals surface area contributed by atoms with Crippen molar-refractivity contribution in [1.82, 2.24) is 0 Å². The summed E-state index contributed by atoms with van der Waals surface area (Å²) in [6.45, 7) is 7.69. The Morgan fingerprint density at radius 3 is 1.19 bits per heavy atom. The van der Waals surface area contributed by atoms with E-state index >= 15 is 0 Å². The number of allylic oxidation sites excluding steroid dienone is 10. The third kappa shape index (κ3) is 50.2. The van der Waals surface area contributed by atoms with Crippen LogP contribution in [0.2, 0.25) is 0 Å². The van der Waals surface area contributed by atoms with Crippen LogP contribution < -0.4 is 0 Å². The molecule has 0 aliphatic rings. The molecule has 360 valence electrons. The van der Waals surface area contributed by atoms with Crippen molar-refractivity contribution in [2.24, 2.45) is 0 Å². The molecular weight excluding hydrogens is 765 g/mol. The van der Waals surface area contributed by atoms with E-state index in [4.69, 9.17) is 14.2 Å². The second-order valence-corrected chi connectivity index (χ2v) is 17.7. The van der Waals surface area contributed by atoms with E-state index in [0.29, 0.717) is 19.4 Å².